The van der Waals surface area contributed by atoms with Gasteiger partial charge in [0.25, 0.3) is 11.5 Å². The Morgan fingerprint density at radius 2 is 1.88 bits per heavy atom. The molecule has 0 bridgehead atoms. The summed E-state index contributed by atoms with van der Waals surface area (Å²) in [5.74, 6) is -0.398. The van der Waals surface area contributed by atoms with E-state index in [0.717, 1.165) is 5.56 Å². The molecule has 1 heterocycles. The Morgan fingerprint density at radius 3 is 2.48 bits per heavy atom. The number of carbonyl (C=O) groups is 1. The van der Waals surface area contributed by atoms with E-state index in [9.17, 15) is 14.7 Å². The molecule has 0 fully saturated rings. The smallest absolute Gasteiger partial charge is 0.272 e. The third kappa shape index (κ3) is 5.83. The van der Waals surface area contributed by atoms with Crippen LogP contribution in [-0.2, 0) is 6.54 Å². The van der Waals surface area contributed by atoms with Crippen molar-refractivity contribution in [2.24, 2.45) is 5.41 Å². The fourth-order valence-corrected chi connectivity index (χ4v) is 2.60. The molecule has 1 aromatic carbocycles. The molecule has 0 aliphatic heterocycles. The van der Waals surface area contributed by atoms with E-state index >= 15 is 0 Å². The number of aromatic nitrogens is 2. The lowest BCUT2D eigenvalue weighted by Gasteiger charge is -2.25. The van der Waals surface area contributed by atoms with Crippen LogP contribution in [0.4, 0.5) is 0 Å². The van der Waals surface area contributed by atoms with E-state index in [1.807, 2.05) is 51.1 Å². The predicted molar refractivity (Wildman–Crippen MR) is 96.5 cm³/mol. The lowest BCUT2D eigenvalue weighted by atomic mass is 9.88. The van der Waals surface area contributed by atoms with Crippen molar-refractivity contribution in [2.45, 2.75) is 39.8 Å². The van der Waals surface area contributed by atoms with Crippen molar-refractivity contribution in [3.8, 4) is 0 Å². The van der Waals surface area contributed by atoms with Gasteiger partial charge in [-0.15, -0.1) is 0 Å². The van der Waals surface area contributed by atoms with Gasteiger partial charge < -0.3 is 10.4 Å². The molecule has 2 rings (SSSR count). The highest BCUT2D eigenvalue weighted by Crippen LogP contribution is 2.20. The van der Waals surface area contributed by atoms with Crippen LogP contribution < -0.4 is 10.9 Å². The number of carbonyl (C=O) groups excluding carboxylic acids is 1. The number of amides is 1. The standard InChI is InChI=1S/C19H25N3O3/c1-19(2,3)11-15(13-23)20-18(25)16-9-10-17(24)22(21-16)12-14-7-5-4-6-8-14/h4-10,15,23H,11-13H2,1-3H3,(H,20,25). The zero-order valence-corrected chi connectivity index (χ0v) is 14.9. The second-order valence-corrected chi connectivity index (χ2v) is 7.32. The van der Waals surface area contributed by atoms with E-state index in [1.165, 1.54) is 16.8 Å². The molecule has 0 radical (unpaired) electrons. The lowest BCUT2D eigenvalue weighted by Crippen LogP contribution is -2.41. The van der Waals surface area contributed by atoms with Crippen molar-refractivity contribution in [2.75, 3.05) is 6.61 Å². The van der Waals surface area contributed by atoms with Crippen LogP contribution in [0.3, 0.4) is 0 Å². The summed E-state index contributed by atoms with van der Waals surface area (Å²) in [6, 6.07) is 11.8. The van der Waals surface area contributed by atoms with E-state index < -0.39 is 5.91 Å². The lowest BCUT2D eigenvalue weighted by molar-refractivity contribution is 0.0890. The Kier molecular flexibility index (Phi) is 6.09. The predicted octanol–water partition coefficient (Wildman–Crippen LogP) is 1.82. The summed E-state index contributed by atoms with van der Waals surface area (Å²) in [5, 5.41) is 16.4. The van der Waals surface area contributed by atoms with Crippen LogP contribution in [0.1, 0.15) is 43.2 Å². The van der Waals surface area contributed by atoms with Crippen molar-refractivity contribution in [1.82, 2.24) is 15.1 Å². The molecule has 0 saturated heterocycles. The van der Waals surface area contributed by atoms with Crippen LogP contribution in [0.2, 0.25) is 0 Å². The average Bonchev–Trinajstić information content (AvgIpc) is 2.56. The van der Waals surface area contributed by atoms with Gasteiger partial charge in [-0.25, -0.2) is 4.68 Å². The van der Waals surface area contributed by atoms with Crippen LogP contribution in [-0.4, -0.2) is 33.4 Å². The molecule has 1 amide bonds. The first kappa shape index (κ1) is 18.9. The maximum Gasteiger partial charge on any atom is 0.272 e. The maximum atomic E-state index is 12.4. The van der Waals surface area contributed by atoms with E-state index in [0.29, 0.717) is 13.0 Å². The van der Waals surface area contributed by atoms with Gasteiger partial charge in [0.2, 0.25) is 0 Å². The second-order valence-electron chi connectivity index (χ2n) is 7.32. The largest absolute Gasteiger partial charge is 0.394 e. The van der Waals surface area contributed by atoms with Gasteiger partial charge in [0.1, 0.15) is 5.69 Å². The molecular weight excluding hydrogens is 318 g/mol. The van der Waals surface area contributed by atoms with Crippen LogP contribution in [0.15, 0.2) is 47.3 Å². The first-order chi connectivity index (χ1) is 11.8. The highest BCUT2D eigenvalue weighted by atomic mass is 16.3. The Labute approximate surface area is 147 Å². The molecule has 2 N–H and O–H groups in total. The normalized spacial score (nSPS) is 12.6. The third-order valence-electron chi connectivity index (χ3n) is 3.69. The van der Waals surface area contributed by atoms with Gasteiger partial charge >= 0.3 is 0 Å². The first-order valence-corrected chi connectivity index (χ1v) is 8.32. The zero-order valence-electron chi connectivity index (χ0n) is 14.9. The van der Waals surface area contributed by atoms with Gasteiger partial charge in [-0.05, 0) is 23.5 Å². The van der Waals surface area contributed by atoms with Crippen molar-refractivity contribution in [3.63, 3.8) is 0 Å². The van der Waals surface area contributed by atoms with Crippen molar-refractivity contribution in [1.29, 1.82) is 0 Å². The number of nitrogens with zero attached hydrogens (tertiary/aromatic N) is 2. The molecular formula is C19H25N3O3. The summed E-state index contributed by atoms with van der Waals surface area (Å²) in [5.41, 5.74) is 0.785. The van der Waals surface area contributed by atoms with Gasteiger partial charge in [-0.3, -0.25) is 9.59 Å². The topological polar surface area (TPSA) is 84.2 Å². The minimum absolute atomic E-state index is 0.0276. The quantitative estimate of drug-likeness (QED) is 0.838. The van der Waals surface area contributed by atoms with Crippen molar-refractivity contribution < 1.29 is 9.90 Å². The third-order valence-corrected chi connectivity index (χ3v) is 3.69. The number of aliphatic hydroxyl groups is 1. The number of nitrogens with one attached hydrogen (secondary N) is 1. The summed E-state index contributed by atoms with van der Waals surface area (Å²) < 4.78 is 1.27. The summed E-state index contributed by atoms with van der Waals surface area (Å²) in [4.78, 5) is 24.4. The summed E-state index contributed by atoms with van der Waals surface area (Å²) >= 11 is 0. The Morgan fingerprint density at radius 1 is 1.20 bits per heavy atom. The highest BCUT2D eigenvalue weighted by Gasteiger charge is 2.21. The molecule has 25 heavy (non-hydrogen) atoms. The molecule has 1 unspecified atom stereocenters. The minimum Gasteiger partial charge on any atom is -0.394 e. The molecule has 0 aliphatic rings. The molecule has 1 atom stereocenters. The van der Waals surface area contributed by atoms with Crippen LogP contribution >= 0.6 is 0 Å². The fraction of sp³-hybridized carbons (Fsp3) is 0.421. The van der Waals surface area contributed by atoms with Gasteiger partial charge in [0.05, 0.1) is 19.2 Å². The molecule has 134 valence electrons. The molecule has 2 aromatic rings. The second kappa shape index (κ2) is 8.07. The van der Waals surface area contributed by atoms with Crippen molar-refractivity contribution in [3.05, 3.63) is 64.1 Å². The van der Waals surface area contributed by atoms with E-state index in [1.54, 1.807) is 0 Å². The van der Waals surface area contributed by atoms with Gasteiger partial charge in [0.15, 0.2) is 0 Å². The SMILES string of the molecule is CC(C)(C)CC(CO)NC(=O)c1ccc(=O)n(Cc2ccccc2)n1. The van der Waals surface area contributed by atoms with E-state index in [4.69, 9.17) is 0 Å². The summed E-state index contributed by atoms with van der Waals surface area (Å²) in [7, 11) is 0. The number of benzene rings is 1. The molecule has 6 heteroatoms. The number of rotatable bonds is 6. The first-order valence-electron chi connectivity index (χ1n) is 8.32. The number of aliphatic hydroxyl groups excluding tert-OH is 1. The Balaban J connectivity index is 2.15. The summed E-state index contributed by atoms with van der Waals surface area (Å²) in [6.45, 7) is 6.28. The van der Waals surface area contributed by atoms with E-state index in [2.05, 4.69) is 10.4 Å². The van der Waals surface area contributed by atoms with Crippen LogP contribution in [0.25, 0.3) is 0 Å². The van der Waals surface area contributed by atoms with Gasteiger partial charge in [-0.2, -0.15) is 5.10 Å². The number of hydrogen-bond donors (Lipinski definition) is 2. The van der Waals surface area contributed by atoms with Crippen LogP contribution in [0.5, 0.6) is 0 Å². The molecule has 1 aromatic heterocycles. The van der Waals surface area contributed by atoms with Crippen LogP contribution in [0, 0.1) is 5.41 Å². The molecule has 0 spiro atoms. The molecule has 0 saturated carbocycles. The molecule has 0 aliphatic carbocycles. The fourth-order valence-electron chi connectivity index (χ4n) is 2.60. The monoisotopic (exact) mass is 343 g/mol. The zero-order chi connectivity index (χ0) is 18.4. The number of hydrogen-bond acceptors (Lipinski definition) is 4. The average molecular weight is 343 g/mol. The van der Waals surface area contributed by atoms with E-state index in [-0.39, 0.29) is 29.3 Å². The summed E-state index contributed by atoms with van der Waals surface area (Å²) in [6.07, 6.45) is 0.638. The Bertz CT molecular complexity index is 763. The van der Waals surface area contributed by atoms with Gasteiger partial charge in [0, 0.05) is 6.07 Å². The highest BCUT2D eigenvalue weighted by molar-refractivity contribution is 5.92. The molecule has 6 nitrogen and oxygen atoms in total. The minimum atomic E-state index is -0.398. The Hall–Kier alpha value is -2.47. The maximum absolute atomic E-state index is 12.4. The van der Waals surface area contributed by atoms with Crippen molar-refractivity contribution >= 4 is 5.91 Å². The van der Waals surface area contributed by atoms with Gasteiger partial charge in [-0.1, -0.05) is 51.1 Å².